The van der Waals surface area contributed by atoms with Gasteiger partial charge in [-0.3, -0.25) is 4.98 Å². The van der Waals surface area contributed by atoms with Gasteiger partial charge in [0.2, 0.25) is 5.96 Å². The Kier molecular flexibility index (Phi) is 5.99. The fraction of sp³-hybridized carbons (Fsp3) is 0.222. The van der Waals surface area contributed by atoms with Crippen LogP contribution in [0.15, 0.2) is 83.2 Å². The topological polar surface area (TPSA) is 80.1 Å². The van der Waals surface area contributed by atoms with Crippen molar-refractivity contribution < 1.29 is 9.47 Å². The Morgan fingerprint density at radius 1 is 1.15 bits per heavy atom. The maximum absolute atomic E-state index is 6.10. The summed E-state index contributed by atoms with van der Waals surface area (Å²) in [6.07, 6.45) is 7.73. The van der Waals surface area contributed by atoms with Crippen molar-refractivity contribution in [2.75, 3.05) is 13.1 Å². The first kappa shape index (κ1) is 21.7. The number of rotatable bonds is 6. The van der Waals surface area contributed by atoms with E-state index in [9.17, 15) is 0 Å². The van der Waals surface area contributed by atoms with Crippen molar-refractivity contribution in [3.05, 3.63) is 95.3 Å². The Balaban J connectivity index is 1.45. The number of guanidine groups is 1. The highest BCUT2D eigenvalue weighted by molar-refractivity contribution is 6.13. The van der Waals surface area contributed by atoms with Gasteiger partial charge in [0, 0.05) is 41.2 Å². The molecule has 0 saturated carbocycles. The third kappa shape index (κ3) is 5.09. The number of aromatic nitrogens is 1. The van der Waals surface area contributed by atoms with Crippen LogP contribution in [-0.4, -0.2) is 35.3 Å². The van der Waals surface area contributed by atoms with E-state index in [1.54, 1.807) is 12.4 Å². The molecule has 3 heterocycles. The molecule has 7 heteroatoms. The lowest BCUT2D eigenvalue weighted by molar-refractivity contribution is 0.159. The van der Waals surface area contributed by atoms with E-state index in [1.807, 2.05) is 62.4 Å². The number of ether oxygens (including phenoxy) is 2. The molecule has 3 aromatic rings. The van der Waals surface area contributed by atoms with Gasteiger partial charge in [0.25, 0.3) is 0 Å². The average Bonchev–Trinajstić information content (AvgIpc) is 3.37. The summed E-state index contributed by atoms with van der Waals surface area (Å²) < 4.78 is 12.1. The van der Waals surface area contributed by atoms with E-state index in [-0.39, 0.29) is 5.60 Å². The summed E-state index contributed by atoms with van der Waals surface area (Å²) in [6, 6.07) is 18.0. The zero-order valence-corrected chi connectivity index (χ0v) is 19.3. The number of hydrogen-bond acceptors (Lipinski definition) is 7. The molecule has 0 saturated heterocycles. The predicted octanol–water partition coefficient (Wildman–Crippen LogP) is 4.15. The molecule has 0 amide bonds. The standard InChI is InChI=1S/C27H27N5O2/c1-27(2)11-10-20-15-22(8-9-24(20)34-27)25(31-32-26-29-13-14-30-26)21-6-3-7-23(16-21)33-18-19-5-4-12-28-17-19/h3-12,15-17H,13-14,18H2,1-2H3,(H2,29,30,32)/b31-25+. The number of pyridine rings is 1. The summed E-state index contributed by atoms with van der Waals surface area (Å²) in [5, 5.41) is 7.92. The normalized spacial score (nSPS) is 16.2. The van der Waals surface area contributed by atoms with Crippen LogP contribution in [0.5, 0.6) is 11.5 Å². The maximum atomic E-state index is 6.10. The van der Waals surface area contributed by atoms with Gasteiger partial charge in [0.05, 0.1) is 12.3 Å². The first-order valence-electron chi connectivity index (χ1n) is 11.3. The summed E-state index contributed by atoms with van der Waals surface area (Å²) in [5.74, 6) is 2.29. The van der Waals surface area contributed by atoms with Gasteiger partial charge in [-0.2, -0.15) is 5.10 Å². The predicted molar refractivity (Wildman–Crippen MR) is 134 cm³/mol. The van der Waals surface area contributed by atoms with Gasteiger partial charge in [-0.05, 0) is 56.3 Å². The second-order valence-electron chi connectivity index (χ2n) is 8.70. The van der Waals surface area contributed by atoms with E-state index in [0.29, 0.717) is 12.6 Å². The van der Waals surface area contributed by atoms with Gasteiger partial charge in [-0.15, -0.1) is 0 Å². The van der Waals surface area contributed by atoms with E-state index in [1.165, 1.54) is 0 Å². The van der Waals surface area contributed by atoms with Crippen LogP contribution in [0.2, 0.25) is 0 Å². The SMILES string of the molecule is CC1(C)C=Cc2cc(/C(=N/NC3=NCCN3)c3cccc(OCc4cccnc4)c3)ccc2O1. The highest BCUT2D eigenvalue weighted by atomic mass is 16.5. The molecule has 0 fully saturated rings. The largest absolute Gasteiger partial charge is 0.489 e. The fourth-order valence-corrected chi connectivity index (χ4v) is 3.79. The van der Waals surface area contributed by atoms with Gasteiger partial charge in [0.1, 0.15) is 23.7 Å². The zero-order chi connectivity index (χ0) is 23.4. The minimum atomic E-state index is -0.320. The monoisotopic (exact) mass is 453 g/mol. The van der Waals surface area contributed by atoms with E-state index in [0.717, 1.165) is 52.6 Å². The van der Waals surface area contributed by atoms with Crippen molar-refractivity contribution in [2.24, 2.45) is 10.1 Å². The Morgan fingerprint density at radius 3 is 2.88 bits per heavy atom. The Bertz CT molecular complexity index is 1270. The molecular formula is C27H27N5O2. The lowest BCUT2D eigenvalue weighted by Crippen LogP contribution is -2.31. The quantitative estimate of drug-likeness (QED) is 0.433. The van der Waals surface area contributed by atoms with Gasteiger partial charge in [-0.1, -0.05) is 24.3 Å². The Labute approximate surface area is 199 Å². The van der Waals surface area contributed by atoms with Gasteiger partial charge in [-0.25, -0.2) is 10.4 Å². The number of hydrazone groups is 1. The van der Waals surface area contributed by atoms with Gasteiger partial charge >= 0.3 is 0 Å². The highest BCUT2D eigenvalue weighted by Crippen LogP contribution is 2.32. The Hall–Kier alpha value is -4.13. The van der Waals surface area contributed by atoms with Gasteiger partial charge < -0.3 is 14.8 Å². The lowest BCUT2D eigenvalue weighted by atomic mass is 9.97. The third-order valence-electron chi connectivity index (χ3n) is 5.50. The highest BCUT2D eigenvalue weighted by Gasteiger charge is 2.22. The molecule has 0 atom stereocenters. The molecular weight excluding hydrogens is 426 g/mol. The van der Waals surface area contributed by atoms with Gasteiger partial charge in [0.15, 0.2) is 0 Å². The summed E-state index contributed by atoms with van der Waals surface area (Å²) >= 11 is 0. The molecule has 1 aromatic heterocycles. The smallest absolute Gasteiger partial charge is 0.212 e. The summed E-state index contributed by atoms with van der Waals surface area (Å²) in [6.45, 7) is 6.08. The summed E-state index contributed by atoms with van der Waals surface area (Å²) in [7, 11) is 0. The van der Waals surface area contributed by atoms with Crippen molar-refractivity contribution >= 4 is 17.7 Å². The van der Waals surface area contributed by atoms with Crippen molar-refractivity contribution in [1.82, 2.24) is 15.7 Å². The molecule has 0 unspecified atom stereocenters. The molecule has 0 spiro atoms. The van der Waals surface area contributed by atoms with Crippen LogP contribution in [0, 0.1) is 0 Å². The minimum absolute atomic E-state index is 0.320. The van der Waals surface area contributed by atoms with Crippen LogP contribution >= 0.6 is 0 Å². The number of fused-ring (bicyclic) bond motifs is 1. The number of benzene rings is 2. The first-order chi connectivity index (χ1) is 16.6. The Morgan fingerprint density at radius 2 is 2.06 bits per heavy atom. The van der Waals surface area contributed by atoms with Crippen molar-refractivity contribution in [1.29, 1.82) is 0 Å². The first-order valence-corrected chi connectivity index (χ1v) is 11.3. The molecule has 0 radical (unpaired) electrons. The molecule has 172 valence electrons. The molecule has 2 N–H and O–H groups in total. The molecule has 5 rings (SSSR count). The van der Waals surface area contributed by atoms with Crippen LogP contribution in [0.1, 0.15) is 36.1 Å². The molecule has 2 aliphatic rings. The number of nitrogens with one attached hydrogen (secondary N) is 2. The van der Waals surface area contributed by atoms with Crippen molar-refractivity contribution in [3.8, 4) is 11.5 Å². The van der Waals surface area contributed by atoms with Crippen molar-refractivity contribution in [2.45, 2.75) is 26.1 Å². The average molecular weight is 454 g/mol. The summed E-state index contributed by atoms with van der Waals surface area (Å²) in [4.78, 5) is 8.54. The molecule has 34 heavy (non-hydrogen) atoms. The fourth-order valence-electron chi connectivity index (χ4n) is 3.79. The van der Waals surface area contributed by atoms with Crippen LogP contribution in [0.3, 0.4) is 0 Å². The molecule has 7 nitrogen and oxygen atoms in total. The van der Waals surface area contributed by atoms with Crippen LogP contribution < -0.4 is 20.2 Å². The summed E-state index contributed by atoms with van der Waals surface area (Å²) in [5.41, 5.74) is 7.46. The molecule has 2 aromatic carbocycles. The van der Waals surface area contributed by atoms with Crippen LogP contribution in [0.4, 0.5) is 0 Å². The minimum Gasteiger partial charge on any atom is -0.489 e. The lowest BCUT2D eigenvalue weighted by Gasteiger charge is -2.28. The maximum Gasteiger partial charge on any atom is 0.212 e. The molecule has 0 bridgehead atoms. The van der Waals surface area contributed by atoms with Crippen LogP contribution in [-0.2, 0) is 6.61 Å². The second-order valence-corrected chi connectivity index (χ2v) is 8.70. The van der Waals surface area contributed by atoms with E-state index in [2.05, 4.69) is 38.9 Å². The molecule has 0 aliphatic carbocycles. The number of nitrogens with zero attached hydrogens (tertiary/aromatic N) is 3. The zero-order valence-electron chi connectivity index (χ0n) is 19.3. The second kappa shape index (κ2) is 9.39. The van der Waals surface area contributed by atoms with E-state index >= 15 is 0 Å². The van der Waals surface area contributed by atoms with Crippen LogP contribution in [0.25, 0.3) is 6.08 Å². The molecule has 2 aliphatic heterocycles. The number of hydrogen-bond donors (Lipinski definition) is 2. The van der Waals surface area contributed by atoms with E-state index in [4.69, 9.17) is 14.6 Å². The van der Waals surface area contributed by atoms with E-state index < -0.39 is 0 Å². The van der Waals surface area contributed by atoms with Crippen molar-refractivity contribution in [3.63, 3.8) is 0 Å². The number of aliphatic imine (C=N–C) groups is 1. The third-order valence-corrected chi connectivity index (χ3v) is 5.50.